The van der Waals surface area contributed by atoms with Crippen LogP contribution in [0.1, 0.15) is 60.8 Å². The molecule has 44 heavy (non-hydrogen) atoms. The number of rotatable bonds is 9. The zero-order chi connectivity index (χ0) is 30.4. The summed E-state index contributed by atoms with van der Waals surface area (Å²) in [7, 11) is 0. The van der Waals surface area contributed by atoms with Gasteiger partial charge in [0.05, 0.1) is 32.0 Å². The summed E-state index contributed by atoms with van der Waals surface area (Å²) in [6.45, 7) is 6.96. The highest BCUT2D eigenvalue weighted by Crippen LogP contribution is 2.39. The molecule has 0 radical (unpaired) electrons. The van der Waals surface area contributed by atoms with E-state index in [1.54, 1.807) is 0 Å². The van der Waals surface area contributed by atoms with Gasteiger partial charge >= 0.3 is 6.03 Å². The minimum absolute atomic E-state index is 0.00972. The van der Waals surface area contributed by atoms with Crippen molar-refractivity contribution in [1.82, 2.24) is 15.5 Å². The van der Waals surface area contributed by atoms with Crippen molar-refractivity contribution in [3.05, 3.63) is 95.1 Å². The summed E-state index contributed by atoms with van der Waals surface area (Å²) in [6, 6.07) is 24.4. The molecule has 9 nitrogen and oxygen atoms in total. The van der Waals surface area contributed by atoms with E-state index in [-0.39, 0.29) is 24.8 Å². The largest absolute Gasteiger partial charge is 0.392 e. The van der Waals surface area contributed by atoms with Crippen LogP contribution in [0.15, 0.2) is 72.8 Å². The number of hydrogen-bond acceptors (Lipinski definition) is 7. The highest BCUT2D eigenvalue weighted by Gasteiger charge is 2.41. The molecular weight excluding hydrogens is 558 g/mol. The number of nitrogens with zero attached hydrogens (tertiary/aromatic N) is 1. The quantitative estimate of drug-likeness (QED) is 0.316. The van der Waals surface area contributed by atoms with Gasteiger partial charge in [-0.1, -0.05) is 66.7 Å². The van der Waals surface area contributed by atoms with Crippen molar-refractivity contribution in [1.29, 1.82) is 0 Å². The first-order valence-corrected chi connectivity index (χ1v) is 15.7. The third kappa shape index (κ3) is 7.48. The van der Waals surface area contributed by atoms with Gasteiger partial charge in [-0.05, 0) is 40.8 Å². The van der Waals surface area contributed by atoms with Crippen LogP contribution in [0.5, 0.6) is 0 Å². The van der Waals surface area contributed by atoms with E-state index in [0.717, 1.165) is 72.3 Å². The standard InChI is InChI=1S/C35H43N3O6/c1-2-36-34(40)37-22-26-4-3-5-30(20-26)27-10-12-29(13-11-27)33-43-31(21-32(44-33)28-8-6-25(24-39)7-9-28)23-38-16-14-35(15-17-38)41-18-19-42-35/h3-13,20,31-33,39H,2,14-19,21-24H2,1H3,(H2,36,37,40)/t31-,32+,33+/m0/s1. The van der Waals surface area contributed by atoms with Crippen LogP contribution in [-0.2, 0) is 32.1 Å². The molecule has 1 spiro atoms. The van der Waals surface area contributed by atoms with Crippen LogP contribution in [0.4, 0.5) is 4.79 Å². The number of nitrogens with one attached hydrogen (secondary N) is 2. The first kappa shape index (κ1) is 30.7. The highest BCUT2D eigenvalue weighted by atomic mass is 16.7. The molecule has 0 bridgehead atoms. The van der Waals surface area contributed by atoms with Gasteiger partial charge < -0.3 is 39.6 Å². The number of piperidine rings is 1. The van der Waals surface area contributed by atoms with Gasteiger partial charge in [-0.25, -0.2) is 4.79 Å². The zero-order valence-electron chi connectivity index (χ0n) is 25.4. The molecule has 0 saturated carbocycles. The van der Waals surface area contributed by atoms with Crippen molar-refractivity contribution in [2.75, 3.05) is 39.4 Å². The maximum absolute atomic E-state index is 11.8. The first-order valence-electron chi connectivity index (χ1n) is 15.7. The van der Waals surface area contributed by atoms with Crippen molar-refractivity contribution >= 4 is 6.03 Å². The number of hydrogen-bond donors (Lipinski definition) is 3. The van der Waals surface area contributed by atoms with E-state index in [9.17, 15) is 9.90 Å². The first-order chi connectivity index (χ1) is 21.5. The smallest absolute Gasteiger partial charge is 0.315 e. The molecule has 0 unspecified atom stereocenters. The average molecular weight is 602 g/mol. The summed E-state index contributed by atoms with van der Waals surface area (Å²) >= 11 is 0. The molecular formula is C35H43N3O6. The van der Waals surface area contributed by atoms with Crippen LogP contribution in [0.3, 0.4) is 0 Å². The molecule has 3 atom stereocenters. The van der Waals surface area contributed by atoms with Crippen LogP contribution < -0.4 is 10.6 Å². The molecule has 9 heteroatoms. The number of aliphatic hydroxyl groups is 1. The van der Waals surface area contributed by atoms with E-state index in [2.05, 4.69) is 51.9 Å². The molecule has 2 amide bonds. The van der Waals surface area contributed by atoms with Gasteiger partial charge in [0.1, 0.15) is 0 Å². The summed E-state index contributed by atoms with van der Waals surface area (Å²) in [5.74, 6) is -0.395. The van der Waals surface area contributed by atoms with E-state index in [1.165, 1.54) is 0 Å². The molecule has 3 heterocycles. The summed E-state index contributed by atoms with van der Waals surface area (Å²) in [4.78, 5) is 14.3. The van der Waals surface area contributed by atoms with Crippen molar-refractivity contribution < 1.29 is 28.8 Å². The fourth-order valence-electron chi connectivity index (χ4n) is 6.28. The summed E-state index contributed by atoms with van der Waals surface area (Å²) in [5, 5.41) is 15.2. The van der Waals surface area contributed by atoms with Gasteiger partial charge in [-0.15, -0.1) is 0 Å². The minimum Gasteiger partial charge on any atom is -0.392 e. The molecule has 3 saturated heterocycles. The van der Waals surface area contributed by atoms with Crippen LogP contribution >= 0.6 is 0 Å². The number of benzene rings is 3. The number of aliphatic hydroxyl groups excluding tert-OH is 1. The second-order valence-electron chi connectivity index (χ2n) is 11.8. The molecule has 0 aliphatic carbocycles. The monoisotopic (exact) mass is 601 g/mol. The normalized spacial score (nSPS) is 23.5. The van der Waals surface area contributed by atoms with E-state index >= 15 is 0 Å². The van der Waals surface area contributed by atoms with Gasteiger partial charge in [0.25, 0.3) is 0 Å². The Morgan fingerprint density at radius 2 is 1.61 bits per heavy atom. The second kappa shape index (κ2) is 14.2. The van der Waals surface area contributed by atoms with Crippen molar-refractivity contribution in [3.63, 3.8) is 0 Å². The second-order valence-corrected chi connectivity index (χ2v) is 11.8. The number of urea groups is 1. The summed E-state index contributed by atoms with van der Waals surface area (Å²) in [5.41, 5.74) is 6.12. The Morgan fingerprint density at radius 3 is 2.32 bits per heavy atom. The Hall–Kier alpha value is -3.31. The summed E-state index contributed by atoms with van der Waals surface area (Å²) < 4.78 is 25.1. The lowest BCUT2D eigenvalue weighted by Crippen LogP contribution is -2.48. The van der Waals surface area contributed by atoms with E-state index in [0.29, 0.717) is 26.3 Å². The van der Waals surface area contributed by atoms with Gasteiger partial charge in [0.2, 0.25) is 0 Å². The topological polar surface area (TPSA) is 102 Å². The molecule has 3 fully saturated rings. The fourth-order valence-corrected chi connectivity index (χ4v) is 6.28. The minimum atomic E-state index is -0.504. The maximum Gasteiger partial charge on any atom is 0.315 e. The van der Waals surface area contributed by atoms with Crippen LogP contribution in [0, 0.1) is 0 Å². The number of likely N-dealkylation sites (tertiary alicyclic amines) is 1. The Balaban J connectivity index is 1.15. The molecule has 0 aromatic heterocycles. The third-order valence-corrected chi connectivity index (χ3v) is 8.74. The molecule has 3 aliphatic heterocycles. The Kier molecular flexibility index (Phi) is 9.91. The summed E-state index contributed by atoms with van der Waals surface area (Å²) in [6.07, 6.45) is 1.85. The van der Waals surface area contributed by atoms with Crippen molar-refractivity contribution in [3.8, 4) is 11.1 Å². The van der Waals surface area contributed by atoms with Gasteiger partial charge in [-0.3, -0.25) is 0 Å². The highest BCUT2D eigenvalue weighted by molar-refractivity contribution is 5.73. The van der Waals surface area contributed by atoms with E-state index in [1.807, 2.05) is 43.3 Å². The van der Waals surface area contributed by atoms with Gasteiger partial charge in [0, 0.05) is 57.5 Å². The molecule has 6 rings (SSSR count). The average Bonchev–Trinajstić information content (AvgIpc) is 3.53. The molecule has 234 valence electrons. The van der Waals surface area contributed by atoms with Gasteiger partial charge in [-0.2, -0.15) is 0 Å². The lowest BCUT2D eigenvalue weighted by Gasteiger charge is -2.41. The van der Waals surface area contributed by atoms with Gasteiger partial charge in [0.15, 0.2) is 12.1 Å². The number of ether oxygens (including phenoxy) is 4. The lowest BCUT2D eigenvalue weighted by molar-refractivity contribution is -0.255. The Bertz CT molecular complexity index is 1370. The lowest BCUT2D eigenvalue weighted by atomic mass is 9.98. The predicted octanol–water partition coefficient (Wildman–Crippen LogP) is 5.05. The van der Waals surface area contributed by atoms with E-state index in [4.69, 9.17) is 18.9 Å². The van der Waals surface area contributed by atoms with E-state index < -0.39 is 12.1 Å². The predicted molar refractivity (Wildman–Crippen MR) is 167 cm³/mol. The Morgan fingerprint density at radius 1 is 0.886 bits per heavy atom. The van der Waals surface area contributed by atoms with Crippen LogP contribution in [0.25, 0.3) is 11.1 Å². The number of carbonyl (C=O) groups excluding carboxylic acids is 1. The fraction of sp³-hybridized carbons (Fsp3) is 0.457. The zero-order valence-corrected chi connectivity index (χ0v) is 25.4. The third-order valence-electron chi connectivity index (χ3n) is 8.74. The SMILES string of the molecule is CCNC(=O)NCc1cccc(-c2ccc([C@@H]3O[C@H](CN4CCC5(CC4)OCCO5)C[C@H](c4ccc(CO)cc4)O3)cc2)c1. The molecule has 3 N–H and O–H groups in total. The Labute approximate surface area is 259 Å². The van der Waals surface area contributed by atoms with Crippen molar-refractivity contribution in [2.45, 2.75) is 63.6 Å². The maximum atomic E-state index is 11.8. The van der Waals surface area contributed by atoms with Crippen molar-refractivity contribution in [2.24, 2.45) is 0 Å². The molecule has 3 aliphatic rings. The molecule has 3 aromatic rings. The number of amides is 2. The number of carbonyl (C=O) groups is 1. The van der Waals surface area contributed by atoms with Crippen LogP contribution in [0.2, 0.25) is 0 Å². The molecule has 3 aromatic carbocycles. The van der Waals surface area contributed by atoms with Crippen LogP contribution in [-0.4, -0.2) is 67.3 Å².